The molecule has 2 aliphatic rings. The van der Waals surface area contributed by atoms with E-state index in [4.69, 9.17) is 14.2 Å². The van der Waals surface area contributed by atoms with E-state index in [0.717, 1.165) is 12.6 Å². The standard InChI is InChI=1S/C26H27F4NO5/c1-31(24(33)26(28,29)30)18-8-9-21(34-2)20(12-18)16-13-25(36-14-16)11-10-19(23(32)35-3)22(25)15-4-6-17(27)7-5-15/h4-9,12,16,19,22H,10-11,13-14H2,1-3H3/t16-,19+,22-,25-/m1/s1. The number of ether oxygens (including phenoxy) is 3. The molecule has 1 saturated heterocycles. The molecule has 0 bridgehead atoms. The molecule has 194 valence electrons. The zero-order valence-electron chi connectivity index (χ0n) is 20.1. The number of alkyl halides is 3. The van der Waals surface area contributed by atoms with Gasteiger partial charge in [-0.15, -0.1) is 0 Å². The number of benzene rings is 2. The summed E-state index contributed by atoms with van der Waals surface area (Å²) >= 11 is 0. The van der Waals surface area contributed by atoms with Crippen molar-refractivity contribution in [3.63, 3.8) is 0 Å². The van der Waals surface area contributed by atoms with Gasteiger partial charge in [0.15, 0.2) is 0 Å². The van der Waals surface area contributed by atoms with Crippen molar-refractivity contribution in [1.82, 2.24) is 0 Å². The highest BCUT2D eigenvalue weighted by Crippen LogP contribution is 2.57. The summed E-state index contributed by atoms with van der Waals surface area (Å²) in [6.45, 7) is 0.238. The molecule has 36 heavy (non-hydrogen) atoms. The van der Waals surface area contributed by atoms with Crippen molar-refractivity contribution in [2.75, 3.05) is 32.8 Å². The molecule has 2 fully saturated rings. The van der Waals surface area contributed by atoms with E-state index >= 15 is 0 Å². The summed E-state index contributed by atoms with van der Waals surface area (Å²) < 4.78 is 69.5. The molecule has 0 unspecified atom stereocenters. The molecule has 4 rings (SSSR count). The van der Waals surface area contributed by atoms with E-state index in [9.17, 15) is 27.2 Å². The van der Waals surface area contributed by atoms with Gasteiger partial charge in [-0.1, -0.05) is 12.1 Å². The Morgan fingerprint density at radius 3 is 2.42 bits per heavy atom. The fourth-order valence-corrected chi connectivity index (χ4v) is 5.65. The number of amides is 1. The molecule has 1 spiro atoms. The van der Waals surface area contributed by atoms with Gasteiger partial charge in [0.25, 0.3) is 0 Å². The largest absolute Gasteiger partial charge is 0.496 e. The van der Waals surface area contributed by atoms with Crippen LogP contribution in [0.1, 0.15) is 42.2 Å². The Balaban J connectivity index is 1.68. The number of esters is 1. The van der Waals surface area contributed by atoms with Gasteiger partial charge in [-0.3, -0.25) is 9.59 Å². The van der Waals surface area contributed by atoms with E-state index in [1.54, 1.807) is 12.1 Å². The second-order valence-corrected chi connectivity index (χ2v) is 9.26. The molecule has 0 radical (unpaired) electrons. The summed E-state index contributed by atoms with van der Waals surface area (Å²) in [6.07, 6.45) is -3.48. The summed E-state index contributed by atoms with van der Waals surface area (Å²) in [4.78, 5) is 25.0. The number of carbonyl (C=O) groups excluding carboxylic acids is 2. The van der Waals surface area contributed by atoms with E-state index in [-0.39, 0.29) is 30.1 Å². The number of carbonyl (C=O) groups is 2. The van der Waals surface area contributed by atoms with E-state index in [0.29, 0.717) is 35.5 Å². The first-order valence-corrected chi connectivity index (χ1v) is 11.5. The summed E-state index contributed by atoms with van der Waals surface area (Å²) in [7, 11) is 3.85. The predicted molar refractivity (Wildman–Crippen MR) is 122 cm³/mol. The fraction of sp³-hybridized carbons (Fsp3) is 0.462. The average Bonchev–Trinajstić information content (AvgIpc) is 3.46. The molecular weight excluding hydrogens is 482 g/mol. The van der Waals surface area contributed by atoms with Gasteiger partial charge in [0.1, 0.15) is 11.6 Å². The first-order valence-electron chi connectivity index (χ1n) is 11.5. The van der Waals surface area contributed by atoms with Crippen LogP contribution in [-0.2, 0) is 19.1 Å². The van der Waals surface area contributed by atoms with E-state index < -0.39 is 29.4 Å². The summed E-state index contributed by atoms with van der Waals surface area (Å²) in [5.74, 6) is -3.44. The fourth-order valence-electron chi connectivity index (χ4n) is 5.65. The van der Waals surface area contributed by atoms with Crippen molar-refractivity contribution in [3.8, 4) is 5.75 Å². The Bertz CT molecular complexity index is 1140. The van der Waals surface area contributed by atoms with Crippen molar-refractivity contribution in [2.45, 2.75) is 42.9 Å². The second kappa shape index (κ2) is 9.72. The van der Waals surface area contributed by atoms with E-state index in [1.807, 2.05) is 0 Å². The lowest BCUT2D eigenvalue weighted by molar-refractivity contribution is -0.170. The van der Waals surface area contributed by atoms with Crippen LogP contribution in [0, 0.1) is 11.7 Å². The topological polar surface area (TPSA) is 65.1 Å². The maximum absolute atomic E-state index is 13.6. The van der Waals surface area contributed by atoms with Gasteiger partial charge in [-0.25, -0.2) is 4.39 Å². The van der Waals surface area contributed by atoms with Crippen molar-refractivity contribution in [1.29, 1.82) is 0 Å². The molecule has 2 aromatic carbocycles. The van der Waals surface area contributed by atoms with E-state index in [1.165, 1.54) is 44.6 Å². The highest BCUT2D eigenvalue weighted by Gasteiger charge is 2.56. The summed E-state index contributed by atoms with van der Waals surface area (Å²) in [6, 6.07) is 10.4. The first-order chi connectivity index (χ1) is 17.0. The number of hydrogen-bond acceptors (Lipinski definition) is 5. The number of anilines is 1. The molecule has 1 saturated carbocycles. The summed E-state index contributed by atoms with van der Waals surface area (Å²) in [5, 5.41) is 0. The van der Waals surface area contributed by atoms with Gasteiger partial charge >= 0.3 is 18.1 Å². The Morgan fingerprint density at radius 1 is 1.11 bits per heavy atom. The van der Waals surface area contributed by atoms with Crippen LogP contribution in [0.15, 0.2) is 42.5 Å². The van der Waals surface area contributed by atoms with Gasteiger partial charge in [0.2, 0.25) is 0 Å². The maximum atomic E-state index is 13.6. The molecule has 2 aromatic rings. The third kappa shape index (κ3) is 4.66. The molecule has 1 aliphatic heterocycles. The van der Waals surface area contributed by atoms with Crippen molar-refractivity contribution in [2.24, 2.45) is 5.92 Å². The van der Waals surface area contributed by atoms with Crippen LogP contribution >= 0.6 is 0 Å². The number of hydrogen-bond donors (Lipinski definition) is 0. The molecule has 1 aliphatic carbocycles. The Labute approximate surface area is 206 Å². The molecule has 1 amide bonds. The van der Waals surface area contributed by atoms with Crippen LogP contribution in [-0.4, -0.2) is 51.5 Å². The number of rotatable bonds is 5. The van der Waals surface area contributed by atoms with Crippen LogP contribution in [0.4, 0.5) is 23.2 Å². The number of methoxy groups -OCH3 is 2. The van der Waals surface area contributed by atoms with E-state index in [2.05, 4.69) is 0 Å². The quantitative estimate of drug-likeness (QED) is 0.421. The Morgan fingerprint density at radius 2 is 1.81 bits per heavy atom. The smallest absolute Gasteiger partial charge is 0.471 e. The minimum absolute atomic E-state index is 0.0722. The van der Waals surface area contributed by atoms with Crippen LogP contribution in [0.2, 0.25) is 0 Å². The minimum atomic E-state index is -5.01. The predicted octanol–water partition coefficient (Wildman–Crippen LogP) is 4.97. The number of halogens is 4. The lowest BCUT2D eigenvalue weighted by Gasteiger charge is -2.33. The van der Waals surface area contributed by atoms with Gasteiger partial charge in [-0.05, 0) is 55.2 Å². The maximum Gasteiger partial charge on any atom is 0.471 e. The molecule has 0 aromatic heterocycles. The molecule has 10 heteroatoms. The van der Waals surface area contributed by atoms with Gasteiger partial charge in [0, 0.05) is 30.1 Å². The first kappa shape index (κ1) is 25.9. The Hall–Kier alpha value is -3.14. The van der Waals surface area contributed by atoms with Crippen LogP contribution in [0.3, 0.4) is 0 Å². The van der Waals surface area contributed by atoms with Crippen molar-refractivity contribution in [3.05, 3.63) is 59.4 Å². The monoisotopic (exact) mass is 509 g/mol. The zero-order valence-corrected chi connectivity index (χ0v) is 20.1. The lowest BCUT2D eigenvalue weighted by Crippen LogP contribution is -2.38. The average molecular weight is 509 g/mol. The Kier molecular flexibility index (Phi) is 7.01. The lowest BCUT2D eigenvalue weighted by atomic mass is 9.76. The van der Waals surface area contributed by atoms with Gasteiger partial charge < -0.3 is 19.1 Å². The molecule has 4 atom stereocenters. The van der Waals surface area contributed by atoms with Gasteiger partial charge in [-0.2, -0.15) is 13.2 Å². The third-order valence-electron chi connectivity index (χ3n) is 7.33. The van der Waals surface area contributed by atoms with Crippen LogP contribution in [0.5, 0.6) is 5.75 Å². The van der Waals surface area contributed by atoms with Gasteiger partial charge in [0.05, 0.1) is 32.3 Å². The highest BCUT2D eigenvalue weighted by molar-refractivity contribution is 5.97. The molecule has 6 nitrogen and oxygen atoms in total. The molecular formula is C26H27F4NO5. The van der Waals surface area contributed by atoms with Crippen LogP contribution < -0.4 is 9.64 Å². The second-order valence-electron chi connectivity index (χ2n) is 9.26. The SMILES string of the molecule is COC(=O)[C@H]1CC[C@@]2(C[C@@H](c3cc(N(C)C(=O)C(F)(F)F)ccc3OC)CO2)[C@@H]1c1ccc(F)cc1. The van der Waals surface area contributed by atoms with Crippen molar-refractivity contribution >= 4 is 17.6 Å². The molecule has 0 N–H and O–H groups in total. The highest BCUT2D eigenvalue weighted by atomic mass is 19.4. The molecule has 1 heterocycles. The summed E-state index contributed by atoms with van der Waals surface area (Å²) in [5.41, 5.74) is 0.674. The minimum Gasteiger partial charge on any atom is -0.496 e. The number of nitrogens with zero attached hydrogens (tertiary/aromatic N) is 1. The van der Waals surface area contributed by atoms with Crippen LogP contribution in [0.25, 0.3) is 0 Å². The zero-order chi connectivity index (χ0) is 26.3. The van der Waals surface area contributed by atoms with Crippen molar-refractivity contribution < 1.29 is 41.4 Å². The normalized spacial score (nSPS) is 25.7. The third-order valence-corrected chi connectivity index (χ3v) is 7.33.